The molecule has 0 aliphatic carbocycles. The molecule has 0 unspecified atom stereocenters. The number of methoxy groups -OCH3 is 1. The van der Waals surface area contributed by atoms with Crippen LogP contribution < -0.4 is 10.1 Å². The Bertz CT molecular complexity index is 2170. The van der Waals surface area contributed by atoms with E-state index in [0.717, 1.165) is 67.3 Å². The standard InChI is InChI=1S/C18H14ClN3O.C15H12N4S/c1-23-13-8-6-12(7-9-13)10-22-11-15-14-4-2-3-5-16(14)20-18(19)17(15)21-22;1-2-6-13-11(5-1)12-9-17-19-14(12)15(18-13)16-8-10-4-3-7-20-10/h2-9,11H,10H2,1H3;1-7,9H,8H2,(H,16,18)(H,17,19). The zero-order valence-corrected chi connectivity index (χ0v) is 24.7. The van der Waals surface area contributed by atoms with Crippen molar-refractivity contribution >= 4 is 72.4 Å². The lowest BCUT2D eigenvalue weighted by Gasteiger charge is -2.07. The molecule has 0 fully saturated rings. The van der Waals surface area contributed by atoms with E-state index in [1.807, 2.05) is 83.8 Å². The topological polar surface area (TPSA) is 93.5 Å². The number of hydrogen-bond donors (Lipinski definition) is 2. The van der Waals surface area contributed by atoms with Gasteiger partial charge in [0.25, 0.3) is 0 Å². The molecular weight excluding hydrogens is 578 g/mol. The summed E-state index contributed by atoms with van der Waals surface area (Å²) in [6.45, 7) is 1.44. The second kappa shape index (κ2) is 11.7. The van der Waals surface area contributed by atoms with Crippen LogP contribution in [0.15, 0.2) is 103 Å². The van der Waals surface area contributed by atoms with E-state index in [0.29, 0.717) is 11.7 Å². The van der Waals surface area contributed by atoms with Crippen molar-refractivity contribution in [3.8, 4) is 5.75 Å². The summed E-state index contributed by atoms with van der Waals surface area (Å²) in [6.07, 6.45) is 3.88. The van der Waals surface area contributed by atoms with Gasteiger partial charge in [-0.15, -0.1) is 11.3 Å². The Hall–Kier alpha value is -4.99. The highest BCUT2D eigenvalue weighted by Crippen LogP contribution is 2.29. The van der Waals surface area contributed by atoms with Gasteiger partial charge in [-0.2, -0.15) is 10.2 Å². The molecule has 10 heteroatoms. The number of nitrogens with zero attached hydrogens (tertiary/aromatic N) is 5. The first-order chi connectivity index (χ1) is 21.2. The third kappa shape index (κ3) is 5.48. The van der Waals surface area contributed by atoms with Crippen molar-refractivity contribution in [1.82, 2.24) is 29.9 Å². The summed E-state index contributed by atoms with van der Waals surface area (Å²) in [6, 6.07) is 28.2. The number of fused-ring (bicyclic) bond motifs is 6. The zero-order valence-electron chi connectivity index (χ0n) is 23.2. The molecule has 0 radical (unpaired) electrons. The molecule has 8 rings (SSSR count). The van der Waals surface area contributed by atoms with Gasteiger partial charge in [0.15, 0.2) is 11.0 Å². The molecule has 8 aromatic rings. The van der Waals surface area contributed by atoms with Gasteiger partial charge in [0, 0.05) is 32.6 Å². The Kier molecular flexibility index (Phi) is 7.32. The highest BCUT2D eigenvalue weighted by Gasteiger charge is 2.12. The molecule has 0 aliphatic heterocycles. The summed E-state index contributed by atoms with van der Waals surface area (Å²) in [4.78, 5) is 10.4. The summed E-state index contributed by atoms with van der Waals surface area (Å²) < 4.78 is 7.08. The van der Waals surface area contributed by atoms with Crippen molar-refractivity contribution in [3.05, 3.63) is 118 Å². The summed E-state index contributed by atoms with van der Waals surface area (Å²) in [5.74, 6) is 1.70. The van der Waals surface area contributed by atoms with Crippen LogP contribution in [0.1, 0.15) is 10.4 Å². The normalized spacial score (nSPS) is 11.2. The molecular formula is C33H26ClN7OS. The maximum Gasteiger partial charge on any atom is 0.157 e. The van der Waals surface area contributed by atoms with E-state index >= 15 is 0 Å². The summed E-state index contributed by atoms with van der Waals surface area (Å²) in [5, 5.41) is 22.0. The fourth-order valence-electron chi connectivity index (χ4n) is 5.09. The SMILES string of the molecule is COc1ccc(Cn2cc3c(n2)c(Cl)nc2ccccc23)cc1.c1csc(CNc2nc3ccccc3c3cn[nH]c23)c1. The maximum absolute atomic E-state index is 6.29. The number of anilines is 1. The Morgan fingerprint density at radius 3 is 2.35 bits per heavy atom. The first kappa shape index (κ1) is 26.9. The van der Waals surface area contributed by atoms with Gasteiger partial charge in [-0.05, 0) is 41.3 Å². The van der Waals surface area contributed by atoms with Crippen LogP contribution in [-0.2, 0) is 13.1 Å². The molecule has 2 N–H and O–H groups in total. The van der Waals surface area contributed by atoms with E-state index < -0.39 is 0 Å². The minimum absolute atomic E-state index is 0.437. The zero-order chi connectivity index (χ0) is 29.2. The fourth-order valence-corrected chi connectivity index (χ4v) is 5.96. The number of pyridine rings is 2. The molecule has 0 aliphatic rings. The molecule has 5 heterocycles. The van der Waals surface area contributed by atoms with Crippen LogP contribution in [-0.4, -0.2) is 37.1 Å². The molecule has 0 saturated heterocycles. The Labute approximate surface area is 255 Å². The number of halogens is 1. The van der Waals surface area contributed by atoms with Gasteiger partial charge in [-0.1, -0.05) is 66.2 Å². The third-order valence-corrected chi connectivity index (χ3v) is 8.33. The largest absolute Gasteiger partial charge is 0.497 e. The monoisotopic (exact) mass is 603 g/mol. The molecule has 0 atom stereocenters. The minimum atomic E-state index is 0.437. The highest BCUT2D eigenvalue weighted by atomic mass is 35.5. The molecule has 0 amide bonds. The number of thiophene rings is 1. The Balaban J connectivity index is 0.000000141. The highest BCUT2D eigenvalue weighted by molar-refractivity contribution is 7.09. The van der Waals surface area contributed by atoms with Crippen molar-refractivity contribution in [2.24, 2.45) is 0 Å². The molecule has 43 heavy (non-hydrogen) atoms. The molecule has 0 saturated carbocycles. The van der Waals surface area contributed by atoms with Crippen LogP contribution in [0.5, 0.6) is 5.75 Å². The van der Waals surface area contributed by atoms with E-state index in [-0.39, 0.29) is 0 Å². The van der Waals surface area contributed by atoms with Gasteiger partial charge in [0.2, 0.25) is 0 Å². The van der Waals surface area contributed by atoms with Crippen molar-refractivity contribution in [2.75, 3.05) is 12.4 Å². The van der Waals surface area contributed by atoms with E-state index in [4.69, 9.17) is 21.3 Å². The second-order valence-electron chi connectivity index (χ2n) is 9.93. The molecule has 3 aromatic carbocycles. The predicted octanol–water partition coefficient (Wildman–Crippen LogP) is 8.08. The first-order valence-electron chi connectivity index (χ1n) is 13.7. The number of aromatic amines is 1. The number of aromatic nitrogens is 6. The summed E-state index contributed by atoms with van der Waals surface area (Å²) in [7, 11) is 1.66. The van der Waals surface area contributed by atoms with Crippen LogP contribution >= 0.6 is 22.9 Å². The van der Waals surface area contributed by atoms with Crippen molar-refractivity contribution < 1.29 is 4.74 Å². The maximum atomic E-state index is 6.29. The van der Waals surface area contributed by atoms with Gasteiger partial charge >= 0.3 is 0 Å². The lowest BCUT2D eigenvalue weighted by molar-refractivity contribution is 0.414. The number of nitrogens with one attached hydrogen (secondary N) is 2. The van der Waals surface area contributed by atoms with Gasteiger partial charge < -0.3 is 10.1 Å². The lowest BCUT2D eigenvalue weighted by Crippen LogP contribution is -2.01. The van der Waals surface area contributed by atoms with Crippen LogP contribution in [0.3, 0.4) is 0 Å². The molecule has 8 nitrogen and oxygen atoms in total. The fraction of sp³-hybridized carbons (Fsp3) is 0.0909. The van der Waals surface area contributed by atoms with E-state index in [9.17, 15) is 0 Å². The van der Waals surface area contributed by atoms with Gasteiger partial charge in [-0.3, -0.25) is 9.78 Å². The van der Waals surface area contributed by atoms with Gasteiger partial charge in [0.05, 0.1) is 37.4 Å². The Morgan fingerprint density at radius 1 is 0.860 bits per heavy atom. The van der Waals surface area contributed by atoms with E-state index in [1.165, 1.54) is 4.88 Å². The van der Waals surface area contributed by atoms with Crippen molar-refractivity contribution in [2.45, 2.75) is 13.1 Å². The third-order valence-electron chi connectivity index (χ3n) is 7.19. The molecule has 0 spiro atoms. The average Bonchev–Trinajstić information content (AvgIpc) is 3.83. The van der Waals surface area contributed by atoms with Crippen LogP contribution in [0.25, 0.3) is 43.6 Å². The predicted molar refractivity (Wildman–Crippen MR) is 175 cm³/mol. The smallest absolute Gasteiger partial charge is 0.157 e. The number of H-pyrrole nitrogens is 1. The first-order valence-corrected chi connectivity index (χ1v) is 14.9. The van der Waals surface area contributed by atoms with Gasteiger partial charge in [0.1, 0.15) is 16.8 Å². The van der Waals surface area contributed by atoms with Crippen molar-refractivity contribution in [1.29, 1.82) is 0 Å². The number of para-hydroxylation sites is 2. The molecule has 0 bridgehead atoms. The Morgan fingerprint density at radius 2 is 1.60 bits per heavy atom. The number of hydrogen-bond acceptors (Lipinski definition) is 7. The average molecular weight is 604 g/mol. The quantitative estimate of drug-likeness (QED) is 0.187. The van der Waals surface area contributed by atoms with E-state index in [2.05, 4.69) is 49.2 Å². The van der Waals surface area contributed by atoms with Crippen LogP contribution in [0, 0.1) is 0 Å². The van der Waals surface area contributed by atoms with Crippen LogP contribution in [0.2, 0.25) is 5.15 Å². The number of benzene rings is 3. The summed E-state index contributed by atoms with van der Waals surface area (Å²) in [5.41, 5.74) is 4.70. The van der Waals surface area contributed by atoms with Gasteiger partial charge in [-0.25, -0.2) is 9.97 Å². The minimum Gasteiger partial charge on any atom is -0.497 e. The van der Waals surface area contributed by atoms with Crippen molar-refractivity contribution in [3.63, 3.8) is 0 Å². The summed E-state index contributed by atoms with van der Waals surface area (Å²) >= 11 is 8.03. The lowest BCUT2D eigenvalue weighted by atomic mass is 10.1. The second-order valence-corrected chi connectivity index (χ2v) is 11.3. The van der Waals surface area contributed by atoms with Crippen LogP contribution in [0.4, 0.5) is 5.82 Å². The van der Waals surface area contributed by atoms with E-state index in [1.54, 1.807) is 18.4 Å². The number of ether oxygens (including phenoxy) is 1. The molecule has 212 valence electrons. The molecule has 5 aromatic heterocycles. The number of rotatable bonds is 6.